The van der Waals surface area contributed by atoms with Crippen LogP contribution in [0.3, 0.4) is 0 Å². The van der Waals surface area contributed by atoms with Crippen molar-refractivity contribution < 1.29 is 4.79 Å². The summed E-state index contributed by atoms with van der Waals surface area (Å²) in [7, 11) is 1.57. The van der Waals surface area contributed by atoms with Crippen LogP contribution in [-0.2, 0) is 20.1 Å². The van der Waals surface area contributed by atoms with Gasteiger partial charge in [-0.1, -0.05) is 37.3 Å². The molecule has 144 valence electrons. The van der Waals surface area contributed by atoms with Crippen LogP contribution in [0, 0.1) is 6.92 Å². The van der Waals surface area contributed by atoms with Gasteiger partial charge in [-0.05, 0) is 13.3 Å². The van der Waals surface area contributed by atoms with Crippen molar-refractivity contribution in [3.05, 3.63) is 68.6 Å². The molecule has 0 radical (unpaired) electrons. The van der Waals surface area contributed by atoms with Gasteiger partial charge in [-0.2, -0.15) is 4.98 Å². The highest BCUT2D eigenvalue weighted by molar-refractivity contribution is 5.95. The van der Waals surface area contributed by atoms with Crippen molar-refractivity contribution in [2.24, 2.45) is 7.05 Å². The zero-order valence-electron chi connectivity index (χ0n) is 16.0. The molecule has 0 unspecified atom stereocenters. The van der Waals surface area contributed by atoms with Crippen molar-refractivity contribution in [2.45, 2.75) is 33.4 Å². The van der Waals surface area contributed by atoms with Crippen molar-refractivity contribution in [1.82, 2.24) is 23.1 Å². The Hall–Kier alpha value is -3.42. The second-order valence-corrected chi connectivity index (χ2v) is 6.90. The van der Waals surface area contributed by atoms with E-state index in [1.807, 2.05) is 17.7 Å². The number of hydrogen-bond acceptors (Lipinski definition) is 4. The Morgan fingerprint density at radius 1 is 1.11 bits per heavy atom. The fourth-order valence-electron chi connectivity index (χ4n) is 3.55. The molecule has 0 aliphatic heterocycles. The van der Waals surface area contributed by atoms with Crippen LogP contribution in [0.1, 0.15) is 29.4 Å². The number of aromatic nitrogens is 5. The summed E-state index contributed by atoms with van der Waals surface area (Å²) in [5.41, 5.74) is 0.991. The van der Waals surface area contributed by atoms with Gasteiger partial charge in [0, 0.05) is 31.0 Å². The van der Waals surface area contributed by atoms with Gasteiger partial charge in [0.05, 0.1) is 6.54 Å². The maximum atomic E-state index is 13.1. The van der Waals surface area contributed by atoms with Gasteiger partial charge in [0.2, 0.25) is 5.78 Å². The molecule has 0 spiro atoms. The monoisotopic (exact) mass is 379 g/mol. The van der Waals surface area contributed by atoms with Gasteiger partial charge in [0.1, 0.15) is 0 Å². The molecule has 0 atom stereocenters. The number of Topliss-reactive ketones (excluding diaryl/α,β-unsaturated/α-hetero) is 1. The Labute approximate surface area is 160 Å². The highest BCUT2D eigenvalue weighted by Crippen LogP contribution is 2.16. The highest BCUT2D eigenvalue weighted by atomic mass is 16.2. The minimum absolute atomic E-state index is 0.292. The Morgan fingerprint density at radius 2 is 1.82 bits per heavy atom. The molecule has 1 aromatic carbocycles. The predicted octanol–water partition coefficient (Wildman–Crippen LogP) is 1.75. The summed E-state index contributed by atoms with van der Waals surface area (Å²) in [6.07, 6.45) is 2.76. The van der Waals surface area contributed by atoms with Crippen molar-refractivity contribution in [1.29, 1.82) is 0 Å². The van der Waals surface area contributed by atoms with E-state index < -0.39 is 11.2 Å². The van der Waals surface area contributed by atoms with E-state index in [2.05, 4.69) is 11.9 Å². The molecule has 8 nitrogen and oxygen atoms in total. The smallest absolute Gasteiger partial charge is 0.314 e. The molecule has 0 fully saturated rings. The summed E-state index contributed by atoms with van der Waals surface area (Å²) in [5.74, 6) is 0.327. The van der Waals surface area contributed by atoms with Gasteiger partial charge >= 0.3 is 5.69 Å². The standard InChI is InChI=1S/C20H21N5O3/c1-4-10-23-13(2)11-24-16-17(21-19(23)24)22(3)20(28)25(18(16)27)12-15(26)14-8-6-5-7-9-14/h5-9,11H,4,10,12H2,1-3H3. The lowest BCUT2D eigenvalue weighted by Gasteiger charge is -2.07. The molecule has 0 aliphatic rings. The first-order chi connectivity index (χ1) is 13.4. The molecule has 0 aliphatic carbocycles. The molecule has 0 saturated carbocycles. The van der Waals surface area contributed by atoms with Crippen molar-refractivity contribution in [3.63, 3.8) is 0 Å². The Balaban J connectivity index is 1.94. The van der Waals surface area contributed by atoms with Crippen LogP contribution >= 0.6 is 0 Å². The lowest BCUT2D eigenvalue weighted by atomic mass is 10.1. The summed E-state index contributed by atoms with van der Waals surface area (Å²) in [5, 5.41) is 0. The summed E-state index contributed by atoms with van der Waals surface area (Å²) >= 11 is 0. The van der Waals surface area contributed by atoms with Crippen molar-refractivity contribution >= 4 is 22.7 Å². The number of carbonyl (C=O) groups excluding carboxylic acids is 1. The molecular weight excluding hydrogens is 358 g/mol. The number of ketones is 1. The maximum absolute atomic E-state index is 13.1. The van der Waals surface area contributed by atoms with Crippen LogP contribution in [0.15, 0.2) is 46.1 Å². The fraction of sp³-hybridized carbons (Fsp3) is 0.300. The number of hydrogen-bond donors (Lipinski definition) is 0. The highest BCUT2D eigenvalue weighted by Gasteiger charge is 2.21. The van der Waals surface area contributed by atoms with E-state index in [0.717, 1.165) is 23.2 Å². The van der Waals surface area contributed by atoms with Crippen LogP contribution in [0.25, 0.3) is 16.9 Å². The lowest BCUT2D eigenvalue weighted by Crippen LogP contribution is -2.41. The summed E-state index contributed by atoms with van der Waals surface area (Å²) in [4.78, 5) is 43.0. The van der Waals surface area contributed by atoms with Crippen molar-refractivity contribution in [2.75, 3.05) is 0 Å². The van der Waals surface area contributed by atoms with Gasteiger partial charge in [-0.25, -0.2) is 4.79 Å². The number of aryl methyl sites for hydroxylation is 3. The summed E-state index contributed by atoms with van der Waals surface area (Å²) < 4.78 is 6.04. The van der Waals surface area contributed by atoms with Crippen LogP contribution < -0.4 is 11.2 Å². The molecule has 3 aromatic heterocycles. The molecule has 28 heavy (non-hydrogen) atoms. The van der Waals surface area contributed by atoms with Gasteiger partial charge in [-0.3, -0.25) is 23.1 Å². The van der Waals surface area contributed by atoms with Crippen LogP contribution in [-0.4, -0.2) is 28.9 Å². The average molecular weight is 379 g/mol. The number of carbonyl (C=O) groups is 1. The molecule has 4 aromatic rings. The molecule has 0 amide bonds. The molecule has 8 heteroatoms. The first-order valence-electron chi connectivity index (χ1n) is 9.20. The number of benzene rings is 1. The number of rotatable bonds is 5. The molecular formula is C20H21N5O3. The van der Waals surface area contributed by atoms with Crippen LogP contribution in [0.2, 0.25) is 0 Å². The zero-order valence-corrected chi connectivity index (χ0v) is 16.0. The Bertz CT molecular complexity index is 1320. The van der Waals surface area contributed by atoms with Crippen LogP contribution in [0.5, 0.6) is 0 Å². The quantitative estimate of drug-likeness (QED) is 0.495. The molecule has 0 N–H and O–H groups in total. The van der Waals surface area contributed by atoms with Crippen molar-refractivity contribution in [3.8, 4) is 0 Å². The maximum Gasteiger partial charge on any atom is 0.332 e. The number of fused-ring (bicyclic) bond motifs is 3. The normalized spacial score (nSPS) is 11.5. The van der Waals surface area contributed by atoms with Gasteiger partial charge < -0.3 is 4.57 Å². The van der Waals surface area contributed by atoms with Crippen LogP contribution in [0.4, 0.5) is 0 Å². The third kappa shape index (κ3) is 2.60. The molecule has 3 heterocycles. The summed E-state index contributed by atoms with van der Waals surface area (Å²) in [6.45, 7) is 4.47. The van der Waals surface area contributed by atoms with Gasteiger partial charge in [-0.15, -0.1) is 0 Å². The number of nitrogens with zero attached hydrogens (tertiary/aromatic N) is 5. The van der Waals surface area contributed by atoms with E-state index in [1.165, 1.54) is 4.57 Å². The van der Waals surface area contributed by atoms with E-state index in [1.54, 1.807) is 41.8 Å². The first-order valence-corrected chi connectivity index (χ1v) is 9.20. The first kappa shape index (κ1) is 18.0. The van der Waals surface area contributed by atoms with E-state index in [-0.39, 0.29) is 12.3 Å². The minimum atomic E-state index is -0.554. The zero-order chi connectivity index (χ0) is 20.0. The fourth-order valence-corrected chi connectivity index (χ4v) is 3.55. The van der Waals surface area contributed by atoms with E-state index in [0.29, 0.717) is 22.5 Å². The molecule has 0 saturated heterocycles. The van der Waals surface area contributed by atoms with E-state index in [9.17, 15) is 14.4 Å². The third-order valence-electron chi connectivity index (χ3n) is 4.99. The Kier molecular flexibility index (Phi) is 4.26. The topological polar surface area (TPSA) is 83.3 Å². The lowest BCUT2D eigenvalue weighted by molar-refractivity contribution is 0.0969. The van der Waals surface area contributed by atoms with Gasteiger partial charge in [0.25, 0.3) is 5.56 Å². The average Bonchev–Trinajstić information content (AvgIpc) is 3.20. The predicted molar refractivity (Wildman–Crippen MR) is 106 cm³/mol. The van der Waals surface area contributed by atoms with Gasteiger partial charge in [0.15, 0.2) is 16.9 Å². The SMILES string of the molecule is CCCn1c(C)cn2c3c(=O)n(CC(=O)c4ccccc4)c(=O)n(C)c3nc12. The molecule has 4 rings (SSSR count). The second-order valence-electron chi connectivity index (χ2n) is 6.90. The Morgan fingerprint density at radius 3 is 2.50 bits per heavy atom. The minimum Gasteiger partial charge on any atom is -0.314 e. The third-order valence-corrected chi connectivity index (χ3v) is 4.99. The second kappa shape index (κ2) is 6.63. The largest absolute Gasteiger partial charge is 0.332 e. The number of imidazole rings is 2. The van der Waals surface area contributed by atoms with E-state index in [4.69, 9.17) is 0 Å². The van der Waals surface area contributed by atoms with E-state index >= 15 is 0 Å². The summed E-state index contributed by atoms with van der Waals surface area (Å²) in [6, 6.07) is 8.64. The molecule has 0 bridgehead atoms.